The summed E-state index contributed by atoms with van der Waals surface area (Å²) in [5, 5.41) is 3.29. The van der Waals surface area contributed by atoms with Crippen LogP contribution in [0.4, 0.5) is 0 Å². The van der Waals surface area contributed by atoms with Crippen molar-refractivity contribution in [2.75, 3.05) is 19.9 Å². The highest BCUT2D eigenvalue weighted by molar-refractivity contribution is 7.98. The number of hydrogen-bond donors (Lipinski definition) is 1. The number of methoxy groups -OCH3 is 1. The number of ether oxygens (including phenoxy) is 2. The Morgan fingerprint density at radius 2 is 1.83 bits per heavy atom. The van der Waals surface area contributed by atoms with Gasteiger partial charge in [0.05, 0.1) is 18.6 Å². The summed E-state index contributed by atoms with van der Waals surface area (Å²) in [6, 6.07) is 13.4. The fraction of sp³-hybridized carbons (Fsp3) is 0.364. The molecule has 2 rings (SSSR count). The van der Waals surface area contributed by atoms with Gasteiger partial charge in [0.25, 0.3) is 0 Å². The van der Waals surface area contributed by atoms with Crippen LogP contribution in [0.3, 0.4) is 0 Å². The van der Waals surface area contributed by atoms with E-state index in [9.17, 15) is 9.59 Å². The van der Waals surface area contributed by atoms with Crippen molar-refractivity contribution >= 4 is 35.9 Å². The standard InChI is InChI=1S/C22H27NO4S.ClH/c1-15(5-6-17-7-10-19(26-3)11-8-17)23-14-20(25)18-9-12-21(27-16(2)24)22(13-18)28-4;/h7-13,15,23H,5-6,14H2,1-4H3;1H. The van der Waals surface area contributed by atoms with Gasteiger partial charge in [-0.3, -0.25) is 9.59 Å². The highest BCUT2D eigenvalue weighted by Gasteiger charge is 2.13. The molecule has 0 spiro atoms. The molecule has 0 saturated heterocycles. The van der Waals surface area contributed by atoms with Gasteiger partial charge in [-0.1, -0.05) is 12.1 Å². The Bertz CT molecular complexity index is 811. The lowest BCUT2D eigenvalue weighted by molar-refractivity contribution is -0.132. The molecule has 0 radical (unpaired) electrons. The topological polar surface area (TPSA) is 64.6 Å². The average molecular weight is 438 g/mol. The Hall–Kier alpha value is -2.02. The van der Waals surface area contributed by atoms with Crippen molar-refractivity contribution in [3.8, 4) is 11.5 Å². The van der Waals surface area contributed by atoms with E-state index in [0.29, 0.717) is 11.3 Å². The Balaban J connectivity index is 0.00000420. The van der Waals surface area contributed by atoms with E-state index < -0.39 is 0 Å². The number of aryl methyl sites for hydroxylation is 1. The second-order valence-electron chi connectivity index (χ2n) is 6.55. The van der Waals surface area contributed by atoms with Crippen molar-refractivity contribution in [1.82, 2.24) is 5.32 Å². The van der Waals surface area contributed by atoms with Crippen LogP contribution in [0.5, 0.6) is 11.5 Å². The molecule has 0 fully saturated rings. The number of hydrogen-bond acceptors (Lipinski definition) is 6. The predicted octanol–water partition coefficient (Wildman–Crippen LogP) is 4.56. The molecule has 158 valence electrons. The number of carbonyl (C=O) groups excluding carboxylic acids is 2. The Labute approximate surface area is 183 Å². The smallest absolute Gasteiger partial charge is 0.308 e. The van der Waals surface area contributed by atoms with Crippen molar-refractivity contribution in [3.63, 3.8) is 0 Å². The number of rotatable bonds is 10. The first-order valence-corrected chi connectivity index (χ1v) is 10.4. The van der Waals surface area contributed by atoms with Gasteiger partial charge in [-0.25, -0.2) is 0 Å². The summed E-state index contributed by atoms with van der Waals surface area (Å²) < 4.78 is 10.3. The van der Waals surface area contributed by atoms with Crippen LogP contribution in [0.25, 0.3) is 0 Å². The van der Waals surface area contributed by atoms with Crippen LogP contribution in [0, 0.1) is 0 Å². The Kier molecular flexibility index (Phi) is 10.8. The van der Waals surface area contributed by atoms with Gasteiger partial charge < -0.3 is 14.8 Å². The molecule has 0 heterocycles. The van der Waals surface area contributed by atoms with Crippen molar-refractivity contribution in [1.29, 1.82) is 0 Å². The molecule has 7 heteroatoms. The molecule has 1 atom stereocenters. The zero-order chi connectivity index (χ0) is 20.5. The zero-order valence-electron chi connectivity index (χ0n) is 17.2. The van der Waals surface area contributed by atoms with E-state index in [1.165, 1.54) is 24.2 Å². The van der Waals surface area contributed by atoms with Crippen LogP contribution >= 0.6 is 24.2 Å². The van der Waals surface area contributed by atoms with Crippen LogP contribution in [0.2, 0.25) is 0 Å². The van der Waals surface area contributed by atoms with Crippen molar-refractivity contribution in [3.05, 3.63) is 53.6 Å². The van der Waals surface area contributed by atoms with Crippen LogP contribution in [-0.2, 0) is 11.2 Å². The lowest BCUT2D eigenvalue weighted by Gasteiger charge is -2.14. The maximum Gasteiger partial charge on any atom is 0.308 e. The molecular formula is C22H28ClNO4S. The minimum absolute atomic E-state index is 0. The minimum atomic E-state index is -0.373. The lowest BCUT2D eigenvalue weighted by atomic mass is 10.1. The van der Waals surface area contributed by atoms with Crippen molar-refractivity contribution < 1.29 is 19.1 Å². The van der Waals surface area contributed by atoms with Gasteiger partial charge in [-0.15, -0.1) is 24.2 Å². The summed E-state index contributed by atoms with van der Waals surface area (Å²) in [7, 11) is 1.66. The fourth-order valence-corrected chi connectivity index (χ4v) is 3.28. The lowest BCUT2D eigenvalue weighted by Crippen LogP contribution is -2.31. The normalized spacial score (nSPS) is 11.3. The molecule has 0 amide bonds. The summed E-state index contributed by atoms with van der Waals surface area (Å²) in [5.74, 6) is 0.977. The molecule has 5 nitrogen and oxygen atoms in total. The highest BCUT2D eigenvalue weighted by atomic mass is 35.5. The van der Waals surface area contributed by atoms with Gasteiger partial charge in [0.2, 0.25) is 0 Å². The van der Waals surface area contributed by atoms with Crippen molar-refractivity contribution in [2.45, 2.75) is 37.6 Å². The minimum Gasteiger partial charge on any atom is -0.497 e. The molecule has 2 aromatic carbocycles. The molecular weight excluding hydrogens is 410 g/mol. The number of benzene rings is 2. The summed E-state index contributed by atoms with van der Waals surface area (Å²) in [6.45, 7) is 3.71. The molecule has 0 aromatic heterocycles. The zero-order valence-corrected chi connectivity index (χ0v) is 18.8. The first-order valence-electron chi connectivity index (χ1n) is 9.19. The molecule has 0 saturated carbocycles. The third-order valence-corrected chi connectivity index (χ3v) is 5.13. The van der Waals surface area contributed by atoms with Crippen LogP contribution in [0.1, 0.15) is 36.2 Å². The molecule has 0 bridgehead atoms. The largest absolute Gasteiger partial charge is 0.497 e. The number of thioether (sulfide) groups is 1. The van der Waals surface area contributed by atoms with E-state index in [-0.39, 0.29) is 36.7 Å². The molecule has 29 heavy (non-hydrogen) atoms. The van der Waals surface area contributed by atoms with Gasteiger partial charge in [-0.2, -0.15) is 0 Å². The number of esters is 1. The molecule has 2 aromatic rings. The van der Waals surface area contributed by atoms with Crippen LogP contribution in [0.15, 0.2) is 47.4 Å². The van der Waals surface area contributed by atoms with E-state index in [1.54, 1.807) is 25.3 Å². The fourth-order valence-electron chi connectivity index (χ4n) is 2.73. The van der Waals surface area contributed by atoms with Gasteiger partial charge in [0, 0.05) is 18.5 Å². The van der Waals surface area contributed by atoms with Gasteiger partial charge in [0.15, 0.2) is 5.78 Å². The van der Waals surface area contributed by atoms with Gasteiger partial charge >= 0.3 is 5.97 Å². The van der Waals surface area contributed by atoms with E-state index in [4.69, 9.17) is 9.47 Å². The molecule has 1 N–H and O–H groups in total. The van der Waals surface area contributed by atoms with Gasteiger partial charge in [-0.05, 0) is 61.9 Å². The predicted molar refractivity (Wildman–Crippen MR) is 120 cm³/mol. The second-order valence-corrected chi connectivity index (χ2v) is 7.40. The summed E-state index contributed by atoms with van der Waals surface area (Å²) >= 11 is 1.44. The summed E-state index contributed by atoms with van der Waals surface area (Å²) in [6.07, 6.45) is 3.75. The van der Waals surface area contributed by atoms with Crippen LogP contribution < -0.4 is 14.8 Å². The SMILES string of the molecule is COc1ccc(CCC(C)NCC(=O)c2ccc(OC(C)=O)c(SC)c2)cc1.Cl. The monoisotopic (exact) mass is 437 g/mol. The quantitative estimate of drug-likeness (QED) is 0.254. The number of nitrogens with one attached hydrogen (secondary N) is 1. The maximum atomic E-state index is 12.5. The molecule has 1 unspecified atom stereocenters. The molecule has 0 aliphatic heterocycles. The first-order chi connectivity index (χ1) is 13.4. The third-order valence-electron chi connectivity index (χ3n) is 4.38. The molecule has 0 aliphatic rings. The van der Waals surface area contributed by atoms with Crippen LogP contribution in [-0.4, -0.2) is 37.7 Å². The second kappa shape index (κ2) is 12.5. The van der Waals surface area contributed by atoms with E-state index in [0.717, 1.165) is 23.5 Å². The van der Waals surface area contributed by atoms with Gasteiger partial charge in [0.1, 0.15) is 11.5 Å². The molecule has 0 aliphatic carbocycles. The number of ketones is 1. The maximum absolute atomic E-state index is 12.5. The number of carbonyl (C=O) groups is 2. The third kappa shape index (κ3) is 8.09. The average Bonchev–Trinajstić information content (AvgIpc) is 2.70. The first kappa shape index (κ1) is 25.0. The van der Waals surface area contributed by atoms with E-state index in [2.05, 4.69) is 24.4 Å². The Morgan fingerprint density at radius 1 is 1.14 bits per heavy atom. The highest BCUT2D eigenvalue weighted by Crippen LogP contribution is 2.29. The number of Topliss-reactive ketones (excluding diaryl/α,β-unsaturated/α-hetero) is 1. The Morgan fingerprint density at radius 3 is 2.41 bits per heavy atom. The van der Waals surface area contributed by atoms with Crippen molar-refractivity contribution in [2.24, 2.45) is 0 Å². The summed E-state index contributed by atoms with van der Waals surface area (Å²) in [5.41, 5.74) is 1.85. The van der Waals surface area contributed by atoms with E-state index >= 15 is 0 Å². The summed E-state index contributed by atoms with van der Waals surface area (Å²) in [4.78, 5) is 24.4. The van der Waals surface area contributed by atoms with E-state index in [1.807, 2.05) is 18.4 Å². The number of halogens is 1.